The van der Waals surface area contributed by atoms with Crippen LogP contribution in [0.4, 0.5) is 5.13 Å². The minimum Gasteiger partial charge on any atom is -0.280 e. The van der Waals surface area contributed by atoms with Crippen LogP contribution in [0.3, 0.4) is 0 Å². The lowest BCUT2D eigenvalue weighted by Gasteiger charge is -2.19. The number of amides is 1. The lowest BCUT2D eigenvalue weighted by Crippen LogP contribution is -2.31. The summed E-state index contributed by atoms with van der Waals surface area (Å²) >= 11 is 1.45. The number of rotatable bonds is 5. The van der Waals surface area contributed by atoms with E-state index in [0.29, 0.717) is 17.2 Å². The molecule has 1 amide bonds. The second-order valence-electron chi connectivity index (χ2n) is 5.96. The molecule has 0 bridgehead atoms. The maximum atomic E-state index is 13.3. The molecule has 0 aliphatic rings. The Labute approximate surface area is 161 Å². The molecule has 0 aliphatic carbocycles. The number of pyridine rings is 1. The van der Waals surface area contributed by atoms with Gasteiger partial charge in [-0.05, 0) is 18.2 Å². The van der Waals surface area contributed by atoms with Crippen molar-refractivity contribution in [1.29, 1.82) is 0 Å². The van der Waals surface area contributed by atoms with Crippen LogP contribution in [0, 0.1) is 0 Å². The summed E-state index contributed by atoms with van der Waals surface area (Å²) in [5.74, 6) is -0.109. The number of fused-ring (bicyclic) bond motifs is 1. The molecule has 0 aliphatic heterocycles. The van der Waals surface area contributed by atoms with Gasteiger partial charge in [0.05, 0.1) is 11.2 Å². The molecule has 0 saturated carbocycles. The molecule has 0 unspecified atom stereocenters. The molecule has 27 heavy (non-hydrogen) atoms. The number of hydrogen-bond acceptors (Lipinski definition) is 4. The van der Waals surface area contributed by atoms with Crippen LogP contribution in [0.25, 0.3) is 22.2 Å². The molecule has 2 aromatic heterocycles. The van der Waals surface area contributed by atoms with Gasteiger partial charge >= 0.3 is 0 Å². The van der Waals surface area contributed by atoms with Gasteiger partial charge < -0.3 is 0 Å². The molecular weight excluding hydrogens is 354 g/mol. The van der Waals surface area contributed by atoms with E-state index in [1.54, 1.807) is 17.2 Å². The number of carbonyl (C=O) groups excluding carboxylic acids is 1. The fourth-order valence-electron chi connectivity index (χ4n) is 2.94. The molecule has 132 valence electrons. The number of nitrogens with zero attached hydrogens (tertiary/aromatic N) is 3. The zero-order chi connectivity index (χ0) is 18.6. The third-order valence-electron chi connectivity index (χ3n) is 4.23. The van der Waals surface area contributed by atoms with Crippen LogP contribution in [0.2, 0.25) is 0 Å². The van der Waals surface area contributed by atoms with Gasteiger partial charge in [-0.3, -0.25) is 14.7 Å². The van der Waals surface area contributed by atoms with E-state index in [9.17, 15) is 4.79 Å². The van der Waals surface area contributed by atoms with Gasteiger partial charge in [0.15, 0.2) is 5.13 Å². The van der Waals surface area contributed by atoms with Gasteiger partial charge in [-0.25, -0.2) is 4.98 Å². The van der Waals surface area contributed by atoms with Gasteiger partial charge in [0.1, 0.15) is 0 Å². The summed E-state index contributed by atoms with van der Waals surface area (Å²) in [6.07, 6.45) is 3.44. The second kappa shape index (κ2) is 7.51. The lowest BCUT2D eigenvalue weighted by atomic mass is 10.1. The van der Waals surface area contributed by atoms with Gasteiger partial charge in [-0.15, -0.1) is 17.9 Å². The maximum Gasteiger partial charge on any atom is 0.261 e. The molecule has 0 saturated heterocycles. The highest BCUT2D eigenvalue weighted by Crippen LogP contribution is 2.29. The number of hydrogen-bond donors (Lipinski definition) is 0. The molecular formula is C22H17N3OS. The Morgan fingerprint density at radius 3 is 2.74 bits per heavy atom. The number of benzene rings is 2. The normalized spacial score (nSPS) is 10.7. The standard InChI is InChI=1S/C22H17N3OS/c1-2-14-25(22-24-20(15-27-22)16-8-4-3-5-9-16)21(26)18-10-6-12-19-17(18)11-7-13-23-19/h2-13,15H,1,14H2. The first-order valence-corrected chi connectivity index (χ1v) is 9.43. The van der Waals surface area contributed by atoms with E-state index < -0.39 is 0 Å². The van der Waals surface area contributed by atoms with Crippen LogP contribution >= 0.6 is 11.3 Å². The fraction of sp³-hybridized carbons (Fsp3) is 0.0455. The minimum atomic E-state index is -0.109. The van der Waals surface area contributed by atoms with Crippen LogP contribution < -0.4 is 4.90 Å². The average molecular weight is 371 g/mol. The van der Waals surface area contributed by atoms with Gasteiger partial charge in [0, 0.05) is 34.6 Å². The Balaban J connectivity index is 1.73. The number of aromatic nitrogens is 2. The van der Waals surface area contributed by atoms with E-state index in [1.807, 2.05) is 66.0 Å². The highest BCUT2D eigenvalue weighted by Gasteiger charge is 2.21. The van der Waals surface area contributed by atoms with Crippen molar-refractivity contribution < 1.29 is 4.79 Å². The third kappa shape index (κ3) is 3.37. The SMILES string of the molecule is C=CCN(C(=O)c1cccc2ncccc12)c1nc(-c2ccccc2)cs1. The van der Waals surface area contributed by atoms with Gasteiger partial charge in [0.25, 0.3) is 5.91 Å². The Kier molecular flexibility index (Phi) is 4.77. The van der Waals surface area contributed by atoms with Crippen LogP contribution in [-0.2, 0) is 0 Å². The summed E-state index contributed by atoms with van der Waals surface area (Å²) in [6, 6.07) is 19.3. The van der Waals surface area contributed by atoms with Gasteiger partial charge in [0.2, 0.25) is 0 Å². The fourth-order valence-corrected chi connectivity index (χ4v) is 3.78. The van der Waals surface area contributed by atoms with Crippen LogP contribution in [0.5, 0.6) is 0 Å². The molecule has 4 rings (SSSR count). The topological polar surface area (TPSA) is 46.1 Å². The average Bonchev–Trinajstić information content (AvgIpc) is 3.21. The summed E-state index contributed by atoms with van der Waals surface area (Å²) in [6.45, 7) is 4.19. The predicted molar refractivity (Wildman–Crippen MR) is 111 cm³/mol. The Morgan fingerprint density at radius 1 is 1.07 bits per heavy atom. The summed E-state index contributed by atoms with van der Waals surface area (Å²) < 4.78 is 0. The van der Waals surface area contributed by atoms with Crippen LogP contribution in [0.15, 0.2) is 84.9 Å². The van der Waals surface area contributed by atoms with Crippen molar-refractivity contribution in [2.24, 2.45) is 0 Å². The second-order valence-corrected chi connectivity index (χ2v) is 6.80. The molecule has 0 fully saturated rings. The van der Waals surface area contributed by atoms with Crippen molar-refractivity contribution in [1.82, 2.24) is 9.97 Å². The zero-order valence-electron chi connectivity index (χ0n) is 14.6. The predicted octanol–water partition coefficient (Wildman–Crippen LogP) is 5.19. The summed E-state index contributed by atoms with van der Waals surface area (Å²) in [5, 5.41) is 3.46. The van der Waals surface area contributed by atoms with Crippen molar-refractivity contribution in [2.75, 3.05) is 11.4 Å². The molecule has 4 aromatic rings. The van der Waals surface area contributed by atoms with Crippen molar-refractivity contribution in [2.45, 2.75) is 0 Å². The first kappa shape index (κ1) is 17.1. The van der Waals surface area contributed by atoms with E-state index in [-0.39, 0.29) is 5.91 Å². The van der Waals surface area contributed by atoms with Gasteiger partial charge in [-0.1, -0.05) is 48.5 Å². The summed E-state index contributed by atoms with van der Waals surface area (Å²) in [5.41, 5.74) is 3.29. The first-order chi connectivity index (χ1) is 13.3. The van der Waals surface area contributed by atoms with Crippen molar-refractivity contribution in [3.8, 4) is 11.3 Å². The zero-order valence-corrected chi connectivity index (χ0v) is 15.4. The number of thiazole rings is 1. The summed E-state index contributed by atoms with van der Waals surface area (Å²) in [4.78, 5) is 24.0. The monoisotopic (exact) mass is 371 g/mol. The van der Waals surface area contributed by atoms with Gasteiger partial charge in [-0.2, -0.15) is 0 Å². The maximum absolute atomic E-state index is 13.3. The van der Waals surface area contributed by atoms with E-state index in [2.05, 4.69) is 16.5 Å². The van der Waals surface area contributed by atoms with Crippen molar-refractivity contribution >= 4 is 33.3 Å². The van der Waals surface area contributed by atoms with E-state index in [1.165, 1.54) is 11.3 Å². The first-order valence-electron chi connectivity index (χ1n) is 8.55. The molecule has 0 radical (unpaired) electrons. The molecule has 4 nitrogen and oxygen atoms in total. The molecule has 2 aromatic carbocycles. The molecule has 0 N–H and O–H groups in total. The Hall–Kier alpha value is -3.31. The third-order valence-corrected chi connectivity index (χ3v) is 5.09. The van der Waals surface area contributed by atoms with E-state index >= 15 is 0 Å². The quantitative estimate of drug-likeness (QED) is 0.454. The molecule has 0 atom stereocenters. The largest absolute Gasteiger partial charge is 0.280 e. The van der Waals surface area contributed by atoms with Crippen LogP contribution in [-0.4, -0.2) is 22.4 Å². The molecule has 2 heterocycles. The Bertz CT molecular complexity index is 1100. The van der Waals surface area contributed by atoms with Crippen molar-refractivity contribution in [3.05, 3.63) is 90.5 Å². The highest BCUT2D eigenvalue weighted by molar-refractivity contribution is 7.14. The Morgan fingerprint density at radius 2 is 1.93 bits per heavy atom. The minimum absolute atomic E-state index is 0.109. The van der Waals surface area contributed by atoms with E-state index in [0.717, 1.165) is 22.2 Å². The molecule has 0 spiro atoms. The lowest BCUT2D eigenvalue weighted by molar-refractivity contribution is 0.0991. The highest BCUT2D eigenvalue weighted by atomic mass is 32.1. The van der Waals surface area contributed by atoms with E-state index in [4.69, 9.17) is 0 Å². The summed E-state index contributed by atoms with van der Waals surface area (Å²) in [7, 11) is 0. The smallest absolute Gasteiger partial charge is 0.261 e. The van der Waals surface area contributed by atoms with Crippen molar-refractivity contribution in [3.63, 3.8) is 0 Å². The number of anilines is 1. The van der Waals surface area contributed by atoms with Crippen LogP contribution in [0.1, 0.15) is 10.4 Å². The number of carbonyl (C=O) groups is 1. The molecule has 5 heteroatoms.